The SMILES string of the molecule is CCC1(CNS(=O)(=O)c2cc(F)ccc2C(=O)OC)CC1. The summed E-state index contributed by atoms with van der Waals surface area (Å²) in [7, 11) is -2.82. The van der Waals surface area contributed by atoms with Gasteiger partial charge in [-0.25, -0.2) is 22.3 Å². The molecule has 0 radical (unpaired) electrons. The minimum absolute atomic E-state index is 0.00578. The molecule has 0 bridgehead atoms. The zero-order valence-electron chi connectivity index (χ0n) is 12.0. The molecule has 5 nitrogen and oxygen atoms in total. The number of hydrogen-bond acceptors (Lipinski definition) is 4. The molecule has 1 aliphatic rings. The van der Waals surface area contributed by atoms with Gasteiger partial charge in [0, 0.05) is 6.54 Å². The minimum atomic E-state index is -3.96. The second kappa shape index (κ2) is 5.73. The van der Waals surface area contributed by atoms with Gasteiger partial charge in [-0.15, -0.1) is 0 Å². The summed E-state index contributed by atoms with van der Waals surface area (Å²) in [5.41, 5.74) is -0.168. The zero-order valence-corrected chi connectivity index (χ0v) is 12.8. The van der Waals surface area contributed by atoms with E-state index in [-0.39, 0.29) is 15.9 Å². The van der Waals surface area contributed by atoms with Gasteiger partial charge in [-0.05, 0) is 42.9 Å². The van der Waals surface area contributed by atoms with Gasteiger partial charge in [0.1, 0.15) is 5.82 Å². The molecule has 1 aromatic rings. The van der Waals surface area contributed by atoms with E-state index in [1.54, 1.807) is 0 Å². The maximum absolute atomic E-state index is 13.4. The maximum Gasteiger partial charge on any atom is 0.339 e. The molecule has 1 N–H and O–H groups in total. The van der Waals surface area contributed by atoms with E-state index >= 15 is 0 Å². The first kappa shape index (κ1) is 15.9. The molecule has 21 heavy (non-hydrogen) atoms. The van der Waals surface area contributed by atoms with E-state index in [0.29, 0.717) is 6.54 Å². The number of rotatable bonds is 6. The first-order valence-corrected chi connectivity index (χ1v) is 8.19. The molecule has 0 saturated heterocycles. The normalized spacial score (nSPS) is 16.5. The second-order valence-corrected chi connectivity index (χ2v) is 7.05. The number of ether oxygens (including phenoxy) is 1. The summed E-state index contributed by atoms with van der Waals surface area (Å²) >= 11 is 0. The summed E-state index contributed by atoms with van der Waals surface area (Å²) in [6, 6.07) is 2.97. The van der Waals surface area contributed by atoms with Gasteiger partial charge in [-0.1, -0.05) is 6.92 Å². The van der Waals surface area contributed by atoms with Gasteiger partial charge in [0.2, 0.25) is 10.0 Å². The third-order valence-electron chi connectivity index (χ3n) is 3.98. The molecule has 0 heterocycles. The van der Waals surface area contributed by atoms with Crippen LogP contribution in [0.1, 0.15) is 36.5 Å². The molecular weight excluding hydrogens is 297 g/mol. The van der Waals surface area contributed by atoms with Gasteiger partial charge in [0.05, 0.1) is 17.6 Å². The third-order valence-corrected chi connectivity index (χ3v) is 5.42. The van der Waals surface area contributed by atoms with Crippen LogP contribution in [0, 0.1) is 11.2 Å². The topological polar surface area (TPSA) is 72.5 Å². The molecular formula is C14H18FNO4S. The fraction of sp³-hybridized carbons (Fsp3) is 0.500. The second-order valence-electron chi connectivity index (χ2n) is 5.31. The molecule has 1 fully saturated rings. The van der Waals surface area contributed by atoms with Crippen molar-refractivity contribution in [1.82, 2.24) is 4.72 Å². The number of carbonyl (C=O) groups excluding carboxylic acids is 1. The summed E-state index contributed by atoms with van der Waals surface area (Å²) in [5, 5.41) is 0. The van der Waals surface area contributed by atoms with Crippen LogP contribution < -0.4 is 4.72 Å². The van der Waals surface area contributed by atoms with Crippen molar-refractivity contribution in [2.75, 3.05) is 13.7 Å². The molecule has 1 aliphatic carbocycles. The fourth-order valence-corrected chi connectivity index (χ4v) is 3.52. The lowest BCUT2D eigenvalue weighted by molar-refractivity contribution is 0.0596. The standard InChI is InChI=1S/C14H18FNO4S/c1-3-14(6-7-14)9-16-21(18,19)12-8-10(15)4-5-11(12)13(17)20-2/h4-5,8,16H,3,6-7,9H2,1-2H3. The highest BCUT2D eigenvalue weighted by atomic mass is 32.2. The molecule has 0 aliphatic heterocycles. The van der Waals surface area contributed by atoms with Crippen LogP contribution in [0.4, 0.5) is 4.39 Å². The highest BCUT2D eigenvalue weighted by molar-refractivity contribution is 7.89. The Morgan fingerprint density at radius 1 is 1.43 bits per heavy atom. The van der Waals surface area contributed by atoms with Crippen LogP contribution in [0.15, 0.2) is 23.1 Å². The smallest absolute Gasteiger partial charge is 0.339 e. The summed E-state index contributed by atoms with van der Waals surface area (Å²) < 4.78 is 45.0. The molecule has 1 saturated carbocycles. The van der Waals surface area contributed by atoms with E-state index in [1.807, 2.05) is 6.92 Å². The molecule has 0 aromatic heterocycles. The van der Waals surface area contributed by atoms with Crippen molar-refractivity contribution in [3.63, 3.8) is 0 Å². The van der Waals surface area contributed by atoms with E-state index < -0.39 is 21.8 Å². The third kappa shape index (κ3) is 3.41. The maximum atomic E-state index is 13.4. The van der Waals surface area contributed by atoms with Gasteiger partial charge in [0.15, 0.2) is 0 Å². The number of methoxy groups -OCH3 is 1. The number of hydrogen-bond donors (Lipinski definition) is 1. The van der Waals surface area contributed by atoms with Crippen LogP contribution in [0.5, 0.6) is 0 Å². The Kier molecular flexibility index (Phi) is 4.34. The van der Waals surface area contributed by atoms with Crippen molar-refractivity contribution >= 4 is 16.0 Å². The van der Waals surface area contributed by atoms with E-state index in [9.17, 15) is 17.6 Å². The molecule has 116 valence electrons. The van der Waals surface area contributed by atoms with Crippen molar-refractivity contribution in [3.8, 4) is 0 Å². The molecule has 0 spiro atoms. The van der Waals surface area contributed by atoms with Crippen LogP contribution in [0.25, 0.3) is 0 Å². The zero-order chi connectivity index (χ0) is 15.7. The summed E-state index contributed by atoms with van der Waals surface area (Å²) in [4.78, 5) is 11.2. The van der Waals surface area contributed by atoms with Gasteiger partial charge in [-0.2, -0.15) is 0 Å². The first-order chi connectivity index (χ1) is 9.83. The monoisotopic (exact) mass is 315 g/mol. The van der Waals surface area contributed by atoms with Crippen molar-refractivity contribution in [1.29, 1.82) is 0 Å². The average molecular weight is 315 g/mol. The molecule has 0 unspecified atom stereocenters. The highest BCUT2D eigenvalue weighted by Crippen LogP contribution is 2.48. The van der Waals surface area contributed by atoms with Gasteiger partial charge < -0.3 is 4.74 Å². The van der Waals surface area contributed by atoms with Crippen molar-refractivity contribution < 1.29 is 22.3 Å². The minimum Gasteiger partial charge on any atom is -0.465 e. The quantitative estimate of drug-likeness (QED) is 0.816. The number of benzene rings is 1. The van der Waals surface area contributed by atoms with E-state index in [0.717, 1.165) is 44.6 Å². The van der Waals surface area contributed by atoms with Crippen LogP contribution in [0.3, 0.4) is 0 Å². The Hall–Kier alpha value is -1.47. The predicted molar refractivity (Wildman–Crippen MR) is 74.9 cm³/mol. The van der Waals surface area contributed by atoms with Crippen molar-refractivity contribution in [2.45, 2.75) is 31.1 Å². The summed E-state index contributed by atoms with van der Waals surface area (Å²) in [6.45, 7) is 2.30. The lowest BCUT2D eigenvalue weighted by atomic mass is 10.1. The highest BCUT2D eigenvalue weighted by Gasteiger charge is 2.41. The summed E-state index contributed by atoms with van der Waals surface area (Å²) in [6.07, 6.45) is 2.82. The molecule has 7 heteroatoms. The molecule has 2 rings (SSSR count). The van der Waals surface area contributed by atoms with Crippen LogP contribution in [-0.2, 0) is 14.8 Å². The Morgan fingerprint density at radius 2 is 2.10 bits per heavy atom. The number of carbonyl (C=O) groups is 1. The molecule has 0 atom stereocenters. The van der Waals surface area contributed by atoms with Crippen LogP contribution in [0.2, 0.25) is 0 Å². The number of nitrogens with one attached hydrogen (secondary N) is 1. The number of esters is 1. The number of sulfonamides is 1. The average Bonchev–Trinajstić information content (AvgIpc) is 3.25. The fourth-order valence-electron chi connectivity index (χ4n) is 2.16. The molecule has 0 amide bonds. The van der Waals surface area contributed by atoms with Crippen molar-refractivity contribution in [3.05, 3.63) is 29.6 Å². The van der Waals surface area contributed by atoms with E-state index in [4.69, 9.17) is 0 Å². The lowest BCUT2D eigenvalue weighted by Gasteiger charge is -2.15. The van der Waals surface area contributed by atoms with Gasteiger partial charge >= 0.3 is 5.97 Å². The Labute approximate surface area is 123 Å². The first-order valence-electron chi connectivity index (χ1n) is 6.71. The van der Waals surface area contributed by atoms with E-state index in [2.05, 4.69) is 9.46 Å². The van der Waals surface area contributed by atoms with Crippen molar-refractivity contribution in [2.24, 2.45) is 5.41 Å². The Bertz CT molecular complexity index is 653. The van der Waals surface area contributed by atoms with Gasteiger partial charge in [0.25, 0.3) is 0 Å². The number of halogens is 1. The Balaban J connectivity index is 2.30. The van der Waals surface area contributed by atoms with Gasteiger partial charge in [-0.3, -0.25) is 0 Å². The summed E-state index contributed by atoms with van der Waals surface area (Å²) in [5.74, 6) is -1.54. The van der Waals surface area contributed by atoms with Crippen LogP contribution >= 0.6 is 0 Å². The van der Waals surface area contributed by atoms with Crippen LogP contribution in [-0.4, -0.2) is 28.0 Å². The molecule has 1 aromatic carbocycles. The predicted octanol–water partition coefficient (Wildman–Crippen LogP) is 2.08. The van der Waals surface area contributed by atoms with E-state index in [1.165, 1.54) is 0 Å². The lowest BCUT2D eigenvalue weighted by Crippen LogP contribution is -2.31. The Morgan fingerprint density at radius 3 is 2.62 bits per heavy atom. The largest absolute Gasteiger partial charge is 0.465 e.